The molecule has 0 aliphatic carbocycles. The normalized spacial score (nSPS) is 19.9. The Morgan fingerprint density at radius 3 is 1.23 bits per heavy atom. The topological polar surface area (TPSA) is 189 Å². The lowest BCUT2D eigenvalue weighted by atomic mass is 9.98. The summed E-state index contributed by atoms with van der Waals surface area (Å²) in [5, 5.41) is 76.2. The molecule has 9 unspecified atom stereocenters. The fraction of sp³-hybridized carbons (Fsp3) is 0.921. The highest BCUT2D eigenvalue weighted by Gasteiger charge is 2.44. The third-order valence-electron chi connectivity index (χ3n) is 15.5. The first-order chi connectivity index (χ1) is 36.2. The molecule has 1 aliphatic heterocycles. The van der Waals surface area contributed by atoms with Crippen LogP contribution in [0.25, 0.3) is 0 Å². The van der Waals surface area contributed by atoms with Crippen molar-refractivity contribution in [3.63, 3.8) is 0 Å². The second kappa shape index (κ2) is 52.3. The van der Waals surface area contributed by atoms with Gasteiger partial charge in [-0.2, -0.15) is 0 Å². The van der Waals surface area contributed by atoms with Crippen molar-refractivity contribution in [2.45, 2.75) is 358 Å². The molecule has 438 valence electrons. The minimum atomic E-state index is -1.66. The van der Waals surface area contributed by atoms with Crippen molar-refractivity contribution < 1.29 is 50.0 Å². The molecule has 0 aromatic carbocycles. The molecule has 1 amide bonds. The zero-order chi connectivity index (χ0) is 54.0. The molecule has 0 spiro atoms. The van der Waals surface area contributed by atoms with E-state index in [9.17, 15) is 40.5 Å². The lowest BCUT2D eigenvalue weighted by Crippen LogP contribution is -2.60. The maximum Gasteiger partial charge on any atom is 0.249 e. The smallest absolute Gasteiger partial charge is 0.249 e. The summed E-state index contributed by atoms with van der Waals surface area (Å²) in [5.41, 5.74) is 0. The Hall–Kier alpha value is -1.41. The summed E-state index contributed by atoms with van der Waals surface area (Å²) in [5.74, 6) is -0.702. The van der Waals surface area contributed by atoms with Crippen LogP contribution in [0.5, 0.6) is 0 Å². The summed E-state index contributed by atoms with van der Waals surface area (Å²) >= 11 is 0. The molecule has 1 saturated heterocycles. The van der Waals surface area contributed by atoms with E-state index in [0.29, 0.717) is 19.3 Å². The van der Waals surface area contributed by atoms with Crippen molar-refractivity contribution >= 4 is 5.91 Å². The molecule has 74 heavy (non-hydrogen) atoms. The van der Waals surface area contributed by atoms with Crippen LogP contribution in [0.4, 0.5) is 0 Å². The van der Waals surface area contributed by atoms with E-state index in [1.54, 1.807) is 0 Å². The van der Waals surface area contributed by atoms with Gasteiger partial charge < -0.3 is 50.5 Å². The molecule has 9 atom stereocenters. The predicted octanol–water partition coefficient (Wildman–Crippen LogP) is 14.1. The maximum absolute atomic E-state index is 13.2. The molecule has 0 aromatic rings. The molecule has 8 N–H and O–H groups in total. The monoisotopic (exact) mass is 1050 g/mol. The zero-order valence-electron chi connectivity index (χ0n) is 48.1. The first-order valence-electron chi connectivity index (χ1n) is 31.7. The third kappa shape index (κ3) is 39.9. The maximum atomic E-state index is 13.2. The van der Waals surface area contributed by atoms with Gasteiger partial charge in [0.25, 0.3) is 0 Å². The van der Waals surface area contributed by atoms with E-state index in [4.69, 9.17) is 9.47 Å². The summed E-state index contributed by atoms with van der Waals surface area (Å²) in [6.07, 6.45) is 52.5. The van der Waals surface area contributed by atoms with Crippen LogP contribution in [0, 0.1) is 0 Å². The summed E-state index contributed by atoms with van der Waals surface area (Å²) in [6.45, 7) is 3.46. The van der Waals surface area contributed by atoms with E-state index in [1.807, 2.05) is 0 Å². The third-order valence-corrected chi connectivity index (χ3v) is 15.5. The summed E-state index contributed by atoms with van der Waals surface area (Å²) in [7, 11) is 0. The molecular weight excluding hydrogens is 931 g/mol. The van der Waals surface area contributed by atoms with Gasteiger partial charge in [0.05, 0.1) is 25.4 Å². The highest BCUT2D eigenvalue weighted by atomic mass is 16.7. The van der Waals surface area contributed by atoms with E-state index in [2.05, 4.69) is 43.5 Å². The van der Waals surface area contributed by atoms with E-state index >= 15 is 0 Å². The molecule has 0 bridgehead atoms. The average Bonchev–Trinajstić information content (AvgIpc) is 3.40. The standard InChI is InChI=1S/C63H121NO10/c1-3-5-7-9-11-13-15-17-19-21-22-23-24-25-26-27-28-29-30-31-32-33-34-35-37-38-40-42-44-46-48-50-55(66)58(68)54(53-73-63-61(71)60(70)59(69)57(52-65)74-63)64-62(72)56(67)51-49-47-45-43-41-39-36-20-18-16-14-12-10-8-6-4-2/h12,14,18,20,54-61,63,65-71H,3-11,13,15-17,19,21-53H2,1-2H3,(H,64,72)/b14-12-,20-18-. The van der Waals surface area contributed by atoms with Crippen molar-refractivity contribution in [2.75, 3.05) is 13.2 Å². The van der Waals surface area contributed by atoms with Gasteiger partial charge >= 0.3 is 0 Å². The number of unbranched alkanes of at least 4 members (excludes halogenated alkanes) is 39. The number of hydrogen-bond acceptors (Lipinski definition) is 10. The molecule has 0 aromatic heterocycles. The number of nitrogens with one attached hydrogen (secondary N) is 1. The lowest BCUT2D eigenvalue weighted by molar-refractivity contribution is -0.303. The second-order valence-electron chi connectivity index (χ2n) is 22.5. The summed E-state index contributed by atoms with van der Waals surface area (Å²) in [6, 6.07) is -1.17. The number of aliphatic hydroxyl groups is 7. The predicted molar refractivity (Wildman–Crippen MR) is 307 cm³/mol. The molecule has 11 heteroatoms. The van der Waals surface area contributed by atoms with Crippen LogP contribution in [0.2, 0.25) is 0 Å². The number of carbonyl (C=O) groups is 1. The van der Waals surface area contributed by atoms with Crippen LogP contribution in [-0.4, -0.2) is 110 Å². The van der Waals surface area contributed by atoms with Crippen molar-refractivity contribution in [2.24, 2.45) is 0 Å². The number of carbonyl (C=O) groups excluding carboxylic acids is 1. The zero-order valence-corrected chi connectivity index (χ0v) is 48.1. The molecule has 1 aliphatic rings. The number of aliphatic hydroxyl groups excluding tert-OH is 7. The molecule has 0 radical (unpaired) electrons. The largest absolute Gasteiger partial charge is 0.394 e. The van der Waals surface area contributed by atoms with Gasteiger partial charge in [0.2, 0.25) is 5.91 Å². The van der Waals surface area contributed by atoms with Gasteiger partial charge in [-0.1, -0.05) is 282 Å². The van der Waals surface area contributed by atoms with Gasteiger partial charge in [-0.05, 0) is 44.9 Å². The average molecular weight is 1050 g/mol. The Bertz CT molecular complexity index is 1250. The number of ether oxygens (including phenoxy) is 2. The number of hydrogen-bond donors (Lipinski definition) is 8. The first-order valence-corrected chi connectivity index (χ1v) is 31.7. The first kappa shape index (κ1) is 70.6. The van der Waals surface area contributed by atoms with E-state index in [0.717, 1.165) is 64.2 Å². The van der Waals surface area contributed by atoms with Gasteiger partial charge in [-0.25, -0.2) is 0 Å². The molecule has 0 saturated carbocycles. The molecule has 1 fully saturated rings. The molecular formula is C63H121NO10. The number of allylic oxidation sites excluding steroid dienone is 4. The van der Waals surface area contributed by atoms with E-state index < -0.39 is 74.2 Å². The van der Waals surface area contributed by atoms with Crippen molar-refractivity contribution in [3.05, 3.63) is 24.3 Å². The fourth-order valence-corrected chi connectivity index (χ4v) is 10.4. The van der Waals surface area contributed by atoms with Gasteiger partial charge in [0, 0.05) is 0 Å². The molecule has 1 rings (SSSR count). The van der Waals surface area contributed by atoms with Crippen molar-refractivity contribution in [1.82, 2.24) is 5.32 Å². The fourth-order valence-electron chi connectivity index (χ4n) is 10.4. The molecule has 11 nitrogen and oxygen atoms in total. The van der Waals surface area contributed by atoms with Gasteiger partial charge in [0.15, 0.2) is 6.29 Å². The lowest BCUT2D eigenvalue weighted by Gasteiger charge is -2.40. The van der Waals surface area contributed by atoms with E-state index in [-0.39, 0.29) is 6.42 Å². The van der Waals surface area contributed by atoms with Crippen LogP contribution in [0.3, 0.4) is 0 Å². The number of rotatable bonds is 55. The highest BCUT2D eigenvalue weighted by Crippen LogP contribution is 2.24. The second-order valence-corrected chi connectivity index (χ2v) is 22.5. The Kier molecular flexibility index (Phi) is 49.9. The SMILES string of the molecule is CCCCC/C=C\C/C=C\CCCCCCCCC(O)C(=O)NC(COC1OC(CO)C(O)C(O)C1O)C(O)C(O)CCCCCCCCCCCCCCCCCCCCCCCCCCCCCCCCC. The Labute approximate surface area is 454 Å². The van der Waals surface area contributed by atoms with Crippen LogP contribution in [0.1, 0.15) is 303 Å². The van der Waals surface area contributed by atoms with Gasteiger partial charge in [-0.3, -0.25) is 4.79 Å². The van der Waals surface area contributed by atoms with Gasteiger partial charge in [-0.15, -0.1) is 0 Å². The minimum absolute atomic E-state index is 0.249. The molecule has 1 heterocycles. The summed E-state index contributed by atoms with van der Waals surface area (Å²) < 4.78 is 11.2. The van der Waals surface area contributed by atoms with Crippen LogP contribution < -0.4 is 5.32 Å². The Morgan fingerprint density at radius 1 is 0.473 bits per heavy atom. The Morgan fingerprint density at radius 2 is 0.824 bits per heavy atom. The van der Waals surface area contributed by atoms with Crippen LogP contribution in [-0.2, 0) is 14.3 Å². The Balaban J connectivity index is 2.20. The number of amides is 1. The van der Waals surface area contributed by atoms with Crippen molar-refractivity contribution in [3.8, 4) is 0 Å². The van der Waals surface area contributed by atoms with Crippen molar-refractivity contribution in [1.29, 1.82) is 0 Å². The van der Waals surface area contributed by atoms with Crippen LogP contribution >= 0.6 is 0 Å². The minimum Gasteiger partial charge on any atom is -0.394 e. The van der Waals surface area contributed by atoms with Crippen LogP contribution in [0.15, 0.2) is 24.3 Å². The summed E-state index contributed by atoms with van der Waals surface area (Å²) in [4.78, 5) is 13.2. The van der Waals surface area contributed by atoms with E-state index in [1.165, 1.54) is 199 Å². The quantitative estimate of drug-likeness (QED) is 0.0215. The highest BCUT2D eigenvalue weighted by molar-refractivity contribution is 5.80. The van der Waals surface area contributed by atoms with Gasteiger partial charge in [0.1, 0.15) is 36.6 Å².